The van der Waals surface area contributed by atoms with Crippen LogP contribution in [0.4, 0.5) is 0 Å². The van der Waals surface area contributed by atoms with Crippen LogP contribution in [0, 0.1) is 0 Å². The second kappa shape index (κ2) is 5.87. The summed E-state index contributed by atoms with van der Waals surface area (Å²) in [4.78, 5) is 51.9. The highest BCUT2D eigenvalue weighted by Gasteiger charge is 2.38. The summed E-state index contributed by atoms with van der Waals surface area (Å²) in [7, 11) is 1.45. The number of carbonyl (C=O) groups excluding carboxylic acids is 4. The number of amides is 4. The van der Waals surface area contributed by atoms with Gasteiger partial charge in [0.05, 0.1) is 22.3 Å². The van der Waals surface area contributed by atoms with Gasteiger partial charge >= 0.3 is 0 Å². The van der Waals surface area contributed by atoms with Gasteiger partial charge in [-0.25, -0.2) is 0 Å². The molecule has 0 aliphatic carbocycles. The largest absolute Gasteiger partial charge is 0.277 e. The zero-order valence-corrected chi connectivity index (χ0v) is 15.3. The molecule has 2 aromatic carbocycles. The van der Waals surface area contributed by atoms with Crippen molar-refractivity contribution in [2.45, 2.75) is 26.3 Å². The van der Waals surface area contributed by atoms with Crippen molar-refractivity contribution in [2.24, 2.45) is 0 Å². The molecule has 27 heavy (non-hydrogen) atoms. The van der Waals surface area contributed by atoms with E-state index in [1.807, 2.05) is 13.8 Å². The van der Waals surface area contributed by atoms with E-state index in [2.05, 4.69) is 0 Å². The van der Waals surface area contributed by atoms with Crippen LogP contribution in [0.2, 0.25) is 0 Å². The number of hydrogen-bond acceptors (Lipinski definition) is 4. The normalized spacial score (nSPS) is 16.9. The molecule has 6 heteroatoms. The molecule has 1 unspecified atom stereocenters. The van der Waals surface area contributed by atoms with Crippen LogP contribution in [0.15, 0.2) is 36.4 Å². The molecule has 1 atom stereocenters. The van der Waals surface area contributed by atoms with Crippen molar-refractivity contribution in [3.05, 3.63) is 58.7 Å². The summed E-state index contributed by atoms with van der Waals surface area (Å²) in [6.07, 6.45) is 0.687. The Kier molecular flexibility index (Phi) is 3.73. The standard InChI is InChI=1S/C21H18N2O4/c1-4-11(2)23-20(26)15-8-6-13(10-17(15)21(23)27)12-5-7-14-16(9-12)19(25)22(3)18(14)24/h5-11H,4H2,1-3H3. The van der Waals surface area contributed by atoms with Gasteiger partial charge in [-0.05, 0) is 48.7 Å². The van der Waals surface area contributed by atoms with Crippen molar-refractivity contribution in [1.29, 1.82) is 0 Å². The lowest BCUT2D eigenvalue weighted by Gasteiger charge is -2.20. The summed E-state index contributed by atoms with van der Waals surface area (Å²) in [5.41, 5.74) is 2.94. The molecule has 0 aromatic heterocycles. The van der Waals surface area contributed by atoms with Crippen LogP contribution in [-0.4, -0.2) is 46.5 Å². The van der Waals surface area contributed by atoms with Gasteiger partial charge in [-0.3, -0.25) is 29.0 Å². The van der Waals surface area contributed by atoms with E-state index in [-0.39, 0.29) is 29.7 Å². The van der Waals surface area contributed by atoms with Gasteiger partial charge in [0.15, 0.2) is 0 Å². The first-order chi connectivity index (χ1) is 12.8. The molecular formula is C21H18N2O4. The summed E-state index contributed by atoms with van der Waals surface area (Å²) in [6, 6.07) is 9.97. The number of imide groups is 2. The second-order valence-corrected chi connectivity index (χ2v) is 6.93. The molecular weight excluding hydrogens is 344 g/mol. The first-order valence-corrected chi connectivity index (χ1v) is 8.84. The first kappa shape index (κ1) is 17.1. The van der Waals surface area contributed by atoms with Crippen LogP contribution in [0.3, 0.4) is 0 Å². The average Bonchev–Trinajstić information content (AvgIpc) is 3.06. The van der Waals surface area contributed by atoms with E-state index in [0.717, 1.165) is 16.0 Å². The highest BCUT2D eigenvalue weighted by molar-refractivity contribution is 6.23. The van der Waals surface area contributed by atoms with E-state index in [4.69, 9.17) is 0 Å². The summed E-state index contributed by atoms with van der Waals surface area (Å²) < 4.78 is 0. The van der Waals surface area contributed by atoms with E-state index in [9.17, 15) is 19.2 Å². The molecule has 2 aliphatic heterocycles. The lowest BCUT2D eigenvalue weighted by molar-refractivity contribution is 0.0591. The van der Waals surface area contributed by atoms with Gasteiger partial charge < -0.3 is 0 Å². The molecule has 136 valence electrons. The molecule has 0 N–H and O–H groups in total. The molecule has 0 bridgehead atoms. The van der Waals surface area contributed by atoms with E-state index in [0.29, 0.717) is 28.7 Å². The van der Waals surface area contributed by atoms with Gasteiger partial charge in [0.25, 0.3) is 23.6 Å². The Bertz CT molecular complexity index is 1040. The van der Waals surface area contributed by atoms with E-state index in [1.54, 1.807) is 36.4 Å². The molecule has 0 saturated heterocycles. The topological polar surface area (TPSA) is 74.8 Å². The third-order valence-electron chi connectivity index (χ3n) is 5.37. The number of hydrogen-bond donors (Lipinski definition) is 0. The Balaban J connectivity index is 1.77. The van der Waals surface area contributed by atoms with Gasteiger partial charge in [0.1, 0.15) is 0 Å². The molecule has 2 aromatic rings. The Morgan fingerprint density at radius 1 is 0.741 bits per heavy atom. The van der Waals surface area contributed by atoms with E-state index >= 15 is 0 Å². The fourth-order valence-corrected chi connectivity index (χ4v) is 3.56. The van der Waals surface area contributed by atoms with E-state index in [1.165, 1.54) is 11.9 Å². The van der Waals surface area contributed by atoms with Gasteiger partial charge in [-0.1, -0.05) is 19.1 Å². The molecule has 0 radical (unpaired) electrons. The summed E-state index contributed by atoms with van der Waals surface area (Å²) >= 11 is 0. The minimum Gasteiger partial charge on any atom is -0.277 e. The number of carbonyl (C=O) groups is 4. The maximum Gasteiger partial charge on any atom is 0.261 e. The predicted molar refractivity (Wildman–Crippen MR) is 98.6 cm³/mol. The smallest absolute Gasteiger partial charge is 0.261 e. The average molecular weight is 362 g/mol. The van der Waals surface area contributed by atoms with Gasteiger partial charge in [-0.2, -0.15) is 0 Å². The molecule has 2 aliphatic rings. The van der Waals surface area contributed by atoms with Crippen molar-refractivity contribution >= 4 is 23.6 Å². The SMILES string of the molecule is CCC(C)N1C(=O)c2ccc(-c3ccc4c(c3)C(=O)N(C)C4=O)cc2C1=O. The van der Waals surface area contributed by atoms with Crippen LogP contribution >= 0.6 is 0 Å². The fourth-order valence-electron chi connectivity index (χ4n) is 3.56. The fraction of sp³-hybridized carbons (Fsp3) is 0.238. The van der Waals surface area contributed by atoms with Gasteiger partial charge in [0, 0.05) is 13.1 Å². The zero-order valence-electron chi connectivity index (χ0n) is 15.3. The molecule has 0 fully saturated rings. The third-order valence-corrected chi connectivity index (χ3v) is 5.37. The van der Waals surface area contributed by atoms with Crippen LogP contribution in [0.25, 0.3) is 11.1 Å². The van der Waals surface area contributed by atoms with Crippen molar-refractivity contribution in [1.82, 2.24) is 9.80 Å². The lowest BCUT2D eigenvalue weighted by atomic mass is 9.97. The number of rotatable bonds is 3. The van der Waals surface area contributed by atoms with Crippen LogP contribution in [-0.2, 0) is 0 Å². The molecule has 4 rings (SSSR count). The second-order valence-electron chi connectivity index (χ2n) is 6.93. The summed E-state index contributed by atoms with van der Waals surface area (Å²) in [5.74, 6) is -1.22. The summed E-state index contributed by atoms with van der Waals surface area (Å²) in [5, 5.41) is 0. The monoisotopic (exact) mass is 362 g/mol. The third kappa shape index (κ3) is 2.33. The molecule has 4 amide bonds. The Labute approximate surface area is 156 Å². The molecule has 0 spiro atoms. The van der Waals surface area contributed by atoms with Crippen molar-refractivity contribution < 1.29 is 19.2 Å². The Morgan fingerprint density at radius 2 is 1.19 bits per heavy atom. The minimum absolute atomic E-state index is 0.167. The van der Waals surface area contributed by atoms with Crippen molar-refractivity contribution in [3.63, 3.8) is 0 Å². The Hall–Kier alpha value is -3.28. The maximum atomic E-state index is 12.7. The van der Waals surface area contributed by atoms with Gasteiger partial charge in [-0.15, -0.1) is 0 Å². The van der Waals surface area contributed by atoms with Crippen LogP contribution < -0.4 is 0 Å². The zero-order chi connectivity index (χ0) is 19.5. The molecule has 2 heterocycles. The number of nitrogens with zero attached hydrogens (tertiary/aromatic N) is 2. The Morgan fingerprint density at radius 3 is 1.74 bits per heavy atom. The quantitative estimate of drug-likeness (QED) is 0.787. The first-order valence-electron chi connectivity index (χ1n) is 8.84. The maximum absolute atomic E-state index is 12.7. The van der Waals surface area contributed by atoms with Crippen molar-refractivity contribution in [2.75, 3.05) is 7.05 Å². The number of benzene rings is 2. The van der Waals surface area contributed by atoms with Gasteiger partial charge in [0.2, 0.25) is 0 Å². The highest BCUT2D eigenvalue weighted by atomic mass is 16.2. The number of fused-ring (bicyclic) bond motifs is 2. The van der Waals surface area contributed by atoms with Crippen molar-refractivity contribution in [3.8, 4) is 11.1 Å². The lowest BCUT2D eigenvalue weighted by Crippen LogP contribution is -2.37. The molecule has 0 saturated carbocycles. The summed E-state index contributed by atoms with van der Waals surface area (Å²) in [6.45, 7) is 3.78. The predicted octanol–water partition coefficient (Wildman–Crippen LogP) is 2.97. The minimum atomic E-state index is -0.341. The van der Waals surface area contributed by atoms with E-state index < -0.39 is 0 Å². The highest BCUT2D eigenvalue weighted by Crippen LogP contribution is 2.32. The molecule has 6 nitrogen and oxygen atoms in total. The van der Waals surface area contributed by atoms with Crippen LogP contribution in [0.5, 0.6) is 0 Å². The van der Waals surface area contributed by atoms with Crippen LogP contribution in [0.1, 0.15) is 61.7 Å².